The van der Waals surface area contributed by atoms with E-state index in [1.54, 1.807) is 36.4 Å². The number of thioether (sulfide) groups is 1. The van der Waals surface area contributed by atoms with Gasteiger partial charge in [-0.05, 0) is 48.1 Å². The minimum absolute atomic E-state index is 0.0931. The van der Waals surface area contributed by atoms with Crippen molar-refractivity contribution in [1.29, 1.82) is 0 Å². The van der Waals surface area contributed by atoms with E-state index in [1.807, 2.05) is 12.3 Å². The van der Waals surface area contributed by atoms with Crippen LogP contribution in [0.25, 0.3) is 0 Å². The lowest BCUT2D eigenvalue weighted by Crippen LogP contribution is -2.55. The number of aromatic hydroxyl groups is 1. The zero-order chi connectivity index (χ0) is 35.6. The number of phenols is 1. The molecule has 0 radical (unpaired) electrons. The van der Waals surface area contributed by atoms with Crippen molar-refractivity contribution in [3.05, 3.63) is 65.7 Å². The van der Waals surface area contributed by atoms with Crippen LogP contribution >= 0.6 is 11.8 Å². The monoisotopic (exact) mass is 686 g/mol. The Balaban J connectivity index is 0.00000141. The van der Waals surface area contributed by atoms with Gasteiger partial charge in [0.25, 0.3) is 0 Å². The van der Waals surface area contributed by atoms with Gasteiger partial charge in [-0.1, -0.05) is 42.5 Å². The first-order valence-electron chi connectivity index (χ1n) is 13.8. The molecule has 0 aliphatic heterocycles. The van der Waals surface area contributed by atoms with Crippen LogP contribution in [0, 0.1) is 0 Å². The largest absolute Gasteiger partial charge is 0.508 e. The van der Waals surface area contributed by atoms with Gasteiger partial charge in [-0.15, -0.1) is 0 Å². The van der Waals surface area contributed by atoms with Gasteiger partial charge in [0.2, 0.25) is 29.5 Å². The molecule has 0 aliphatic carbocycles. The van der Waals surface area contributed by atoms with Crippen molar-refractivity contribution in [2.45, 2.75) is 43.6 Å². The van der Waals surface area contributed by atoms with E-state index in [2.05, 4.69) is 21.3 Å². The smallest absolute Gasteiger partial charge is 0.490 e. The second-order valence-corrected chi connectivity index (χ2v) is 10.8. The van der Waals surface area contributed by atoms with E-state index >= 15 is 0 Å². The molecule has 0 aliphatic rings. The third-order valence-electron chi connectivity index (χ3n) is 6.05. The van der Waals surface area contributed by atoms with Gasteiger partial charge in [-0.25, -0.2) is 4.79 Å². The number of benzene rings is 2. The number of nitrogens with two attached hydrogens (primary N) is 2. The number of carboxylic acid groups (broad SMARTS) is 1. The van der Waals surface area contributed by atoms with Crippen LogP contribution in [0.2, 0.25) is 0 Å². The van der Waals surface area contributed by atoms with Crippen LogP contribution < -0.4 is 32.7 Å². The third-order valence-corrected chi connectivity index (χ3v) is 6.69. The summed E-state index contributed by atoms with van der Waals surface area (Å²) in [7, 11) is 0. The molecule has 0 saturated carbocycles. The number of alkyl halides is 3. The van der Waals surface area contributed by atoms with Gasteiger partial charge in [0.15, 0.2) is 0 Å². The highest BCUT2D eigenvalue weighted by molar-refractivity contribution is 7.98. The number of primary amides is 1. The number of rotatable bonds is 16. The average molecular weight is 687 g/mol. The number of carbonyl (C=O) groups excluding carboxylic acids is 5. The molecule has 0 spiro atoms. The zero-order valence-electron chi connectivity index (χ0n) is 25.2. The van der Waals surface area contributed by atoms with Crippen LogP contribution in [0.4, 0.5) is 13.2 Å². The molecule has 2 rings (SSSR count). The molecule has 18 heteroatoms. The molecular formula is C29H37F3N6O8S. The second kappa shape index (κ2) is 20.3. The van der Waals surface area contributed by atoms with Crippen LogP contribution in [0.5, 0.6) is 5.75 Å². The van der Waals surface area contributed by atoms with Crippen LogP contribution in [-0.2, 0) is 41.6 Å². The van der Waals surface area contributed by atoms with Gasteiger partial charge in [0.05, 0.1) is 19.1 Å². The zero-order valence-corrected chi connectivity index (χ0v) is 26.0. The van der Waals surface area contributed by atoms with Gasteiger partial charge in [-0.3, -0.25) is 24.0 Å². The van der Waals surface area contributed by atoms with Crippen molar-refractivity contribution in [2.24, 2.45) is 11.5 Å². The molecule has 0 saturated heterocycles. The Morgan fingerprint density at radius 2 is 1.36 bits per heavy atom. The van der Waals surface area contributed by atoms with Crippen molar-refractivity contribution >= 4 is 47.3 Å². The number of phenolic OH excluding ortho intramolecular Hbond substituents is 1. The minimum atomic E-state index is -5.08. The van der Waals surface area contributed by atoms with Crippen molar-refractivity contribution in [2.75, 3.05) is 25.1 Å². The predicted octanol–water partition coefficient (Wildman–Crippen LogP) is -0.422. The molecule has 5 amide bonds. The molecule has 0 fully saturated rings. The molecule has 0 aromatic heterocycles. The highest BCUT2D eigenvalue weighted by Crippen LogP contribution is 2.13. The summed E-state index contributed by atoms with van der Waals surface area (Å²) in [5.74, 6) is -5.14. The summed E-state index contributed by atoms with van der Waals surface area (Å²) in [5, 5.41) is 26.5. The number of amides is 5. The summed E-state index contributed by atoms with van der Waals surface area (Å²) >= 11 is 1.50. The molecule has 3 atom stereocenters. The number of nitrogens with one attached hydrogen (secondary N) is 4. The second-order valence-electron chi connectivity index (χ2n) is 9.83. The molecule has 0 heterocycles. The lowest BCUT2D eigenvalue weighted by atomic mass is 10.0. The molecule has 2 aromatic carbocycles. The third kappa shape index (κ3) is 16.9. The molecule has 258 valence electrons. The summed E-state index contributed by atoms with van der Waals surface area (Å²) in [6, 6.07) is 12.4. The van der Waals surface area contributed by atoms with E-state index < -0.39 is 72.9 Å². The van der Waals surface area contributed by atoms with Crippen molar-refractivity contribution < 1.29 is 52.2 Å². The Kier molecular flexibility index (Phi) is 17.4. The molecule has 14 nitrogen and oxygen atoms in total. The minimum Gasteiger partial charge on any atom is -0.508 e. The summed E-state index contributed by atoms with van der Waals surface area (Å²) in [6.07, 6.45) is -2.52. The maximum atomic E-state index is 13.0. The van der Waals surface area contributed by atoms with E-state index in [1.165, 1.54) is 23.9 Å². The number of halogens is 3. The average Bonchev–Trinajstić information content (AvgIpc) is 3.01. The molecule has 2 aromatic rings. The first-order chi connectivity index (χ1) is 22.0. The molecule has 0 unspecified atom stereocenters. The van der Waals surface area contributed by atoms with Gasteiger partial charge in [0.1, 0.15) is 17.8 Å². The van der Waals surface area contributed by atoms with E-state index in [9.17, 15) is 42.3 Å². The Bertz CT molecular complexity index is 1350. The standard InChI is InChI=1S/C27H36N6O6S.C2HF3O2/c1-40-12-11-21(25(29)37)33-27(39)22(14-17-5-3-2-4-6-17)32-24(36)16-30-23(35)15-31-26(38)20(28)13-18-7-9-19(34)10-8-18;3-2(4,5)1(6)7/h2-10,20-22,34H,11-16,28H2,1H3,(H2,29,37)(H,30,35)(H,31,38)(H,32,36)(H,33,39);(H,6,7)/t20-,21-,22-;/m0./s1. The maximum Gasteiger partial charge on any atom is 0.490 e. The number of aliphatic carboxylic acids is 1. The highest BCUT2D eigenvalue weighted by atomic mass is 32.2. The van der Waals surface area contributed by atoms with E-state index in [0.29, 0.717) is 12.2 Å². The number of hydrogen-bond acceptors (Lipinski definition) is 9. The normalized spacial score (nSPS) is 12.6. The Hall–Kier alpha value is -4.84. The highest BCUT2D eigenvalue weighted by Gasteiger charge is 2.38. The van der Waals surface area contributed by atoms with Gasteiger partial charge in [-0.2, -0.15) is 24.9 Å². The fourth-order valence-electron chi connectivity index (χ4n) is 3.62. The van der Waals surface area contributed by atoms with E-state index in [4.69, 9.17) is 21.4 Å². The molecule has 0 bridgehead atoms. The number of hydrogen-bond donors (Lipinski definition) is 8. The van der Waals surface area contributed by atoms with Crippen molar-refractivity contribution in [3.8, 4) is 5.75 Å². The summed E-state index contributed by atoms with van der Waals surface area (Å²) in [5.41, 5.74) is 12.8. The molecular weight excluding hydrogens is 649 g/mol. The quantitative estimate of drug-likeness (QED) is 0.113. The summed E-state index contributed by atoms with van der Waals surface area (Å²) in [4.78, 5) is 70.7. The Morgan fingerprint density at radius 1 is 0.809 bits per heavy atom. The SMILES string of the molecule is CSCC[C@H](NC(=O)[C@H](Cc1ccccc1)NC(=O)CNC(=O)CNC(=O)[C@@H](N)Cc1ccc(O)cc1)C(N)=O.O=C(O)C(F)(F)F. The fraction of sp³-hybridized carbons (Fsp3) is 0.379. The maximum absolute atomic E-state index is 13.0. The van der Waals surface area contributed by atoms with Crippen molar-refractivity contribution in [3.63, 3.8) is 0 Å². The van der Waals surface area contributed by atoms with Gasteiger partial charge in [0, 0.05) is 6.42 Å². The first-order valence-corrected chi connectivity index (χ1v) is 15.2. The number of carboxylic acids is 1. The van der Waals surface area contributed by atoms with Crippen LogP contribution in [0.15, 0.2) is 54.6 Å². The van der Waals surface area contributed by atoms with E-state index in [0.717, 1.165) is 11.1 Å². The molecule has 47 heavy (non-hydrogen) atoms. The van der Waals surface area contributed by atoms with Crippen LogP contribution in [0.1, 0.15) is 17.5 Å². The first kappa shape index (κ1) is 40.2. The van der Waals surface area contributed by atoms with Crippen LogP contribution in [0.3, 0.4) is 0 Å². The van der Waals surface area contributed by atoms with Crippen LogP contribution in [-0.4, -0.2) is 95.1 Å². The topological polar surface area (TPSA) is 243 Å². The number of carbonyl (C=O) groups is 6. The lowest BCUT2D eigenvalue weighted by molar-refractivity contribution is -0.192. The summed E-state index contributed by atoms with van der Waals surface area (Å²) in [6.45, 7) is -0.850. The fourth-order valence-corrected chi connectivity index (χ4v) is 4.09. The predicted molar refractivity (Wildman–Crippen MR) is 166 cm³/mol. The Morgan fingerprint density at radius 3 is 1.89 bits per heavy atom. The summed E-state index contributed by atoms with van der Waals surface area (Å²) < 4.78 is 31.7. The van der Waals surface area contributed by atoms with E-state index in [-0.39, 0.29) is 18.6 Å². The lowest BCUT2D eigenvalue weighted by Gasteiger charge is -2.22. The molecule has 10 N–H and O–H groups in total. The Labute approximate surface area is 272 Å². The van der Waals surface area contributed by atoms with Gasteiger partial charge >= 0.3 is 12.1 Å². The van der Waals surface area contributed by atoms with Crippen molar-refractivity contribution in [1.82, 2.24) is 21.3 Å². The van der Waals surface area contributed by atoms with Gasteiger partial charge < -0.3 is 42.9 Å².